The smallest absolute Gasteiger partial charge is 0.336 e. The Morgan fingerprint density at radius 1 is 0.766 bits per heavy atom. The SMILES string of the molecule is C=CCOC(=O)C[C@@H](CCCCCCCCCCC(C)C)OC(=O)[C@@H](N)[C@H](O[Si](C(C)C)(C(C)C)C(C)C)C(=O)OC1CCCCC1. The topological polar surface area (TPSA) is 114 Å². The summed E-state index contributed by atoms with van der Waals surface area (Å²) in [6.45, 7) is 21.0. The molecule has 0 aromatic carbocycles. The fourth-order valence-corrected chi connectivity index (χ4v) is 12.8. The van der Waals surface area contributed by atoms with Gasteiger partial charge in [-0.15, -0.1) is 0 Å². The average molecular weight is 682 g/mol. The van der Waals surface area contributed by atoms with E-state index >= 15 is 0 Å². The molecule has 0 aliphatic heterocycles. The minimum absolute atomic E-state index is 0.0805. The molecule has 1 saturated carbocycles. The molecule has 0 spiro atoms. The molecule has 8 nitrogen and oxygen atoms in total. The van der Waals surface area contributed by atoms with Crippen LogP contribution < -0.4 is 5.73 Å². The number of hydrogen-bond acceptors (Lipinski definition) is 8. The minimum Gasteiger partial charge on any atom is -0.461 e. The third-order valence-electron chi connectivity index (χ3n) is 9.80. The van der Waals surface area contributed by atoms with Crippen molar-refractivity contribution < 1.29 is 33.0 Å². The van der Waals surface area contributed by atoms with E-state index in [1.54, 1.807) is 0 Å². The largest absolute Gasteiger partial charge is 0.461 e. The molecule has 0 aromatic rings. The van der Waals surface area contributed by atoms with Gasteiger partial charge in [-0.05, 0) is 61.1 Å². The molecule has 0 bridgehead atoms. The maximum absolute atomic E-state index is 13.8. The van der Waals surface area contributed by atoms with Crippen LogP contribution in [0.25, 0.3) is 0 Å². The molecule has 1 fully saturated rings. The van der Waals surface area contributed by atoms with E-state index < -0.39 is 44.5 Å². The summed E-state index contributed by atoms with van der Waals surface area (Å²) in [7, 11) is -2.63. The molecule has 0 radical (unpaired) electrons. The van der Waals surface area contributed by atoms with Crippen LogP contribution in [-0.4, -0.2) is 57.2 Å². The highest BCUT2D eigenvalue weighted by atomic mass is 28.4. The van der Waals surface area contributed by atoms with E-state index in [-0.39, 0.29) is 35.8 Å². The van der Waals surface area contributed by atoms with Crippen LogP contribution in [0.15, 0.2) is 12.7 Å². The molecule has 274 valence electrons. The van der Waals surface area contributed by atoms with E-state index in [2.05, 4.69) is 62.0 Å². The van der Waals surface area contributed by atoms with E-state index in [0.29, 0.717) is 6.42 Å². The monoisotopic (exact) mass is 681 g/mol. The lowest BCUT2D eigenvalue weighted by molar-refractivity contribution is -0.169. The van der Waals surface area contributed by atoms with Crippen molar-refractivity contribution in [2.24, 2.45) is 11.7 Å². The van der Waals surface area contributed by atoms with Crippen LogP contribution in [0.1, 0.15) is 158 Å². The molecule has 47 heavy (non-hydrogen) atoms. The van der Waals surface area contributed by atoms with Crippen LogP contribution in [0.2, 0.25) is 16.6 Å². The van der Waals surface area contributed by atoms with E-state index in [9.17, 15) is 14.4 Å². The number of carbonyl (C=O) groups excluding carboxylic acids is 3. The van der Waals surface area contributed by atoms with Gasteiger partial charge in [-0.1, -0.05) is 126 Å². The fraction of sp³-hybridized carbons (Fsp3) is 0.868. The second kappa shape index (κ2) is 23.6. The maximum Gasteiger partial charge on any atom is 0.336 e. The molecule has 1 aliphatic rings. The lowest BCUT2D eigenvalue weighted by Gasteiger charge is -2.44. The zero-order chi connectivity index (χ0) is 35.4. The van der Waals surface area contributed by atoms with Gasteiger partial charge in [0.25, 0.3) is 0 Å². The number of ether oxygens (including phenoxy) is 3. The first kappa shape index (κ1) is 43.3. The van der Waals surface area contributed by atoms with Gasteiger partial charge < -0.3 is 24.4 Å². The second-order valence-corrected chi connectivity index (χ2v) is 20.5. The Kier molecular flexibility index (Phi) is 21.8. The Balaban J connectivity index is 3.01. The summed E-state index contributed by atoms with van der Waals surface area (Å²) in [5, 5.41) is 0. The van der Waals surface area contributed by atoms with E-state index in [1.807, 2.05) is 0 Å². The minimum atomic E-state index is -2.63. The number of nitrogens with two attached hydrogens (primary N) is 1. The lowest BCUT2D eigenvalue weighted by Crippen LogP contribution is -2.59. The van der Waals surface area contributed by atoms with Crippen molar-refractivity contribution in [2.75, 3.05) is 6.61 Å². The fourth-order valence-electron chi connectivity index (χ4n) is 7.26. The Morgan fingerprint density at radius 2 is 1.28 bits per heavy atom. The Bertz CT molecular complexity index is 879. The van der Waals surface area contributed by atoms with Crippen LogP contribution in [-0.2, 0) is 33.0 Å². The van der Waals surface area contributed by atoms with Gasteiger partial charge in [0, 0.05) is 0 Å². The molecule has 0 amide bonds. The highest BCUT2D eigenvalue weighted by Crippen LogP contribution is 2.43. The average Bonchev–Trinajstić information content (AvgIpc) is 3.00. The summed E-state index contributed by atoms with van der Waals surface area (Å²) < 4.78 is 23.9. The molecule has 3 atom stereocenters. The van der Waals surface area contributed by atoms with Gasteiger partial charge >= 0.3 is 17.9 Å². The third-order valence-corrected chi connectivity index (χ3v) is 15.9. The first-order valence-corrected chi connectivity index (χ1v) is 21.0. The summed E-state index contributed by atoms with van der Waals surface area (Å²) in [6.07, 6.45) is 14.9. The molecule has 9 heteroatoms. The van der Waals surface area contributed by atoms with Crippen molar-refractivity contribution in [3.05, 3.63) is 12.7 Å². The second-order valence-electron chi connectivity index (χ2n) is 15.1. The van der Waals surface area contributed by atoms with Crippen LogP contribution >= 0.6 is 0 Å². The zero-order valence-electron chi connectivity index (χ0n) is 31.4. The molecular weight excluding hydrogens is 611 g/mol. The summed E-state index contributed by atoms with van der Waals surface area (Å²) in [6, 6.07) is -1.38. The number of unbranched alkanes of at least 4 members (excludes halogenated alkanes) is 7. The van der Waals surface area contributed by atoms with E-state index in [4.69, 9.17) is 24.4 Å². The van der Waals surface area contributed by atoms with E-state index in [0.717, 1.165) is 57.3 Å². The van der Waals surface area contributed by atoms with Gasteiger partial charge in [-0.25, -0.2) is 4.79 Å². The Labute approximate surface area is 288 Å². The summed E-state index contributed by atoms with van der Waals surface area (Å²) in [4.78, 5) is 40.0. The molecule has 0 unspecified atom stereocenters. The molecule has 1 rings (SSSR count). The number of rotatable bonds is 25. The first-order valence-electron chi connectivity index (χ1n) is 18.9. The van der Waals surface area contributed by atoms with Gasteiger partial charge in [0.05, 0.1) is 6.42 Å². The van der Waals surface area contributed by atoms with Crippen LogP contribution in [0, 0.1) is 5.92 Å². The predicted octanol–water partition coefficient (Wildman–Crippen LogP) is 9.34. The predicted molar refractivity (Wildman–Crippen MR) is 194 cm³/mol. The van der Waals surface area contributed by atoms with Crippen LogP contribution in [0.3, 0.4) is 0 Å². The molecule has 0 aromatic heterocycles. The summed E-state index contributed by atoms with van der Waals surface area (Å²) in [5.41, 5.74) is 7.10. The van der Waals surface area contributed by atoms with Gasteiger partial charge in [-0.2, -0.15) is 0 Å². The van der Waals surface area contributed by atoms with Crippen molar-refractivity contribution in [2.45, 2.75) is 199 Å². The standard InChI is InChI=1S/C38H71NO7Si/c1-10-26-43-34(40)27-33(25-19-16-14-12-11-13-15-18-22-28(2)3)45-37(41)35(39)36(38(42)44-32-23-20-17-21-24-32)46-47(29(4)5,30(6)7)31(8)9/h10,28-33,35-36H,1,11-27,39H2,2-9H3/t33-,35+,36+/m1/s1. The van der Waals surface area contributed by atoms with Crippen molar-refractivity contribution in [1.29, 1.82) is 0 Å². The van der Waals surface area contributed by atoms with E-state index in [1.165, 1.54) is 44.6 Å². The summed E-state index contributed by atoms with van der Waals surface area (Å²) >= 11 is 0. The normalized spacial score (nSPS) is 16.4. The molecular formula is C38H71NO7Si. The van der Waals surface area contributed by atoms with Crippen molar-refractivity contribution >= 4 is 26.2 Å². The highest BCUT2D eigenvalue weighted by molar-refractivity contribution is 6.77. The molecule has 0 heterocycles. The maximum atomic E-state index is 13.8. The van der Waals surface area contributed by atoms with Gasteiger partial charge in [0.15, 0.2) is 6.10 Å². The number of carbonyl (C=O) groups is 3. The molecule has 2 N–H and O–H groups in total. The van der Waals surface area contributed by atoms with Crippen LogP contribution in [0.5, 0.6) is 0 Å². The quantitative estimate of drug-likeness (QED) is 0.0333. The number of hydrogen-bond donors (Lipinski definition) is 1. The zero-order valence-corrected chi connectivity index (χ0v) is 32.4. The van der Waals surface area contributed by atoms with Crippen molar-refractivity contribution in [1.82, 2.24) is 0 Å². The van der Waals surface area contributed by atoms with Crippen molar-refractivity contribution in [3.8, 4) is 0 Å². The van der Waals surface area contributed by atoms with Crippen LogP contribution in [0.4, 0.5) is 0 Å². The van der Waals surface area contributed by atoms with Gasteiger partial charge in [0.2, 0.25) is 8.32 Å². The summed E-state index contributed by atoms with van der Waals surface area (Å²) in [5.74, 6) is -1.04. The Hall–Kier alpha value is -1.71. The third kappa shape index (κ3) is 16.0. The van der Waals surface area contributed by atoms with Gasteiger partial charge in [-0.3, -0.25) is 9.59 Å². The number of esters is 3. The molecule has 1 aliphatic carbocycles. The highest BCUT2D eigenvalue weighted by Gasteiger charge is 2.50. The lowest BCUT2D eigenvalue weighted by atomic mass is 9.98. The van der Waals surface area contributed by atoms with Gasteiger partial charge in [0.1, 0.15) is 24.9 Å². The Morgan fingerprint density at radius 3 is 1.77 bits per heavy atom. The van der Waals surface area contributed by atoms with Crippen molar-refractivity contribution in [3.63, 3.8) is 0 Å². The molecule has 0 saturated heterocycles. The first-order chi connectivity index (χ1) is 22.3.